The lowest BCUT2D eigenvalue weighted by Crippen LogP contribution is -1.97. The predicted molar refractivity (Wildman–Crippen MR) is 87.3 cm³/mol. The zero-order chi connectivity index (χ0) is 15.6. The van der Waals surface area contributed by atoms with Crippen molar-refractivity contribution < 1.29 is 14.6 Å². The average molecular weight is 306 g/mol. The van der Waals surface area contributed by atoms with E-state index in [0.717, 1.165) is 22.8 Å². The number of hydrogen-bond acceptors (Lipinski definition) is 4. The van der Waals surface area contributed by atoms with Crippen molar-refractivity contribution in [2.75, 3.05) is 6.79 Å². The lowest BCUT2D eigenvalue weighted by molar-refractivity contribution is 0.174. The standard InChI is InChI=1S/C18H14N2O3/c21-16-6-4-14(5-7-16)20-9-1-2-15(20)11-19-13-3-8-17-18(10-13)23-12-22-17/h1-11,21H,12H2. The second kappa shape index (κ2) is 5.53. The number of aliphatic imine (C=N–C) groups is 1. The van der Waals surface area contributed by atoms with E-state index in [-0.39, 0.29) is 12.5 Å². The molecule has 0 radical (unpaired) electrons. The second-order valence-corrected chi connectivity index (χ2v) is 5.12. The summed E-state index contributed by atoms with van der Waals surface area (Å²) in [5.41, 5.74) is 2.70. The molecule has 3 aromatic rings. The number of aromatic nitrogens is 1. The van der Waals surface area contributed by atoms with Crippen LogP contribution in [0.25, 0.3) is 5.69 Å². The van der Waals surface area contributed by atoms with Gasteiger partial charge in [-0.25, -0.2) is 0 Å². The van der Waals surface area contributed by atoms with Crippen molar-refractivity contribution >= 4 is 11.9 Å². The molecule has 5 nitrogen and oxygen atoms in total. The molecule has 114 valence electrons. The molecule has 5 heteroatoms. The SMILES string of the molecule is Oc1ccc(-n2cccc2C=Nc2ccc3c(c2)OCO3)cc1. The topological polar surface area (TPSA) is 56.0 Å². The number of phenolic OH excluding ortho intramolecular Hbond substituents is 1. The van der Waals surface area contributed by atoms with E-state index in [4.69, 9.17) is 9.47 Å². The van der Waals surface area contributed by atoms with Crippen molar-refractivity contribution in [3.05, 3.63) is 66.5 Å². The maximum absolute atomic E-state index is 9.39. The first-order valence-electron chi connectivity index (χ1n) is 7.20. The Bertz CT molecular complexity index is 866. The number of aromatic hydroxyl groups is 1. The smallest absolute Gasteiger partial charge is 0.231 e. The Morgan fingerprint density at radius 2 is 1.83 bits per heavy atom. The minimum absolute atomic E-state index is 0.247. The maximum Gasteiger partial charge on any atom is 0.231 e. The van der Waals surface area contributed by atoms with Gasteiger partial charge in [0.05, 0.1) is 17.6 Å². The molecule has 0 aliphatic carbocycles. The fourth-order valence-electron chi connectivity index (χ4n) is 2.45. The molecule has 1 aliphatic rings. The molecule has 0 saturated heterocycles. The summed E-state index contributed by atoms with van der Waals surface area (Å²) in [7, 11) is 0. The molecule has 1 aliphatic heterocycles. The van der Waals surface area contributed by atoms with Gasteiger partial charge >= 0.3 is 0 Å². The van der Waals surface area contributed by atoms with Crippen LogP contribution in [0.3, 0.4) is 0 Å². The first-order valence-corrected chi connectivity index (χ1v) is 7.20. The molecule has 4 rings (SSSR count). The van der Waals surface area contributed by atoms with E-state index in [1.165, 1.54) is 0 Å². The van der Waals surface area contributed by atoms with Gasteiger partial charge in [0.2, 0.25) is 6.79 Å². The summed E-state index contributed by atoms with van der Waals surface area (Å²) in [6, 6.07) is 16.6. The molecular formula is C18H14N2O3. The number of phenols is 1. The molecule has 23 heavy (non-hydrogen) atoms. The van der Waals surface area contributed by atoms with Gasteiger partial charge in [0.25, 0.3) is 0 Å². The van der Waals surface area contributed by atoms with Crippen molar-refractivity contribution in [3.8, 4) is 22.9 Å². The molecule has 0 bridgehead atoms. The zero-order valence-electron chi connectivity index (χ0n) is 12.2. The van der Waals surface area contributed by atoms with Crippen LogP contribution in [-0.2, 0) is 0 Å². The molecule has 0 saturated carbocycles. The van der Waals surface area contributed by atoms with E-state index in [1.54, 1.807) is 18.3 Å². The third-order valence-electron chi connectivity index (χ3n) is 3.61. The summed E-state index contributed by atoms with van der Waals surface area (Å²) in [6.07, 6.45) is 3.75. The van der Waals surface area contributed by atoms with Crippen molar-refractivity contribution in [2.24, 2.45) is 4.99 Å². The molecule has 1 N–H and O–H groups in total. The van der Waals surface area contributed by atoms with Crippen LogP contribution in [0.1, 0.15) is 5.69 Å². The highest BCUT2D eigenvalue weighted by atomic mass is 16.7. The maximum atomic E-state index is 9.39. The van der Waals surface area contributed by atoms with Crippen molar-refractivity contribution in [1.82, 2.24) is 4.57 Å². The quantitative estimate of drug-likeness (QED) is 0.751. The number of hydrogen-bond donors (Lipinski definition) is 1. The fourth-order valence-corrected chi connectivity index (χ4v) is 2.45. The Balaban J connectivity index is 1.62. The number of fused-ring (bicyclic) bond motifs is 1. The predicted octanol–water partition coefficient (Wildman–Crippen LogP) is 3.66. The second-order valence-electron chi connectivity index (χ2n) is 5.12. The number of benzene rings is 2. The summed E-state index contributed by atoms with van der Waals surface area (Å²) in [6.45, 7) is 0.256. The average Bonchev–Trinajstić information content (AvgIpc) is 3.22. The van der Waals surface area contributed by atoms with E-state index < -0.39 is 0 Å². The van der Waals surface area contributed by atoms with E-state index in [1.807, 2.05) is 53.2 Å². The minimum Gasteiger partial charge on any atom is -0.508 e. The normalized spacial score (nSPS) is 12.9. The van der Waals surface area contributed by atoms with Gasteiger partial charge in [0.15, 0.2) is 11.5 Å². The van der Waals surface area contributed by atoms with E-state index >= 15 is 0 Å². The minimum atomic E-state index is 0.247. The molecule has 0 atom stereocenters. The van der Waals surface area contributed by atoms with Crippen molar-refractivity contribution in [2.45, 2.75) is 0 Å². The third-order valence-corrected chi connectivity index (χ3v) is 3.61. The van der Waals surface area contributed by atoms with Gasteiger partial charge in [-0.05, 0) is 48.5 Å². The van der Waals surface area contributed by atoms with Crippen molar-refractivity contribution in [1.29, 1.82) is 0 Å². The zero-order valence-corrected chi connectivity index (χ0v) is 12.2. The molecule has 0 spiro atoms. The Morgan fingerprint density at radius 1 is 1.00 bits per heavy atom. The van der Waals surface area contributed by atoms with Crippen LogP contribution in [0.15, 0.2) is 65.8 Å². The van der Waals surface area contributed by atoms with Crippen LogP contribution in [0.2, 0.25) is 0 Å². The summed E-state index contributed by atoms with van der Waals surface area (Å²) in [5.74, 6) is 1.71. The van der Waals surface area contributed by atoms with Crippen LogP contribution in [-0.4, -0.2) is 22.7 Å². The van der Waals surface area contributed by atoms with Crippen LogP contribution in [0.4, 0.5) is 5.69 Å². The molecule has 2 heterocycles. The molecule has 0 fully saturated rings. The first-order chi connectivity index (χ1) is 11.3. The van der Waals surface area contributed by atoms with E-state index in [0.29, 0.717) is 5.75 Å². The van der Waals surface area contributed by atoms with Gasteiger partial charge in [-0.1, -0.05) is 0 Å². The lowest BCUT2D eigenvalue weighted by atomic mass is 10.3. The Labute approximate surface area is 133 Å². The molecular weight excluding hydrogens is 292 g/mol. The Kier molecular flexibility index (Phi) is 3.24. The molecule has 2 aromatic carbocycles. The van der Waals surface area contributed by atoms with Crippen LogP contribution < -0.4 is 9.47 Å². The van der Waals surface area contributed by atoms with Gasteiger partial charge < -0.3 is 19.1 Å². The molecule has 1 aromatic heterocycles. The van der Waals surface area contributed by atoms with E-state index in [2.05, 4.69) is 4.99 Å². The van der Waals surface area contributed by atoms with Gasteiger partial charge in [-0.15, -0.1) is 0 Å². The lowest BCUT2D eigenvalue weighted by Gasteiger charge is -2.06. The number of nitrogens with zero attached hydrogens (tertiary/aromatic N) is 2. The summed E-state index contributed by atoms with van der Waals surface area (Å²) in [4.78, 5) is 4.50. The Morgan fingerprint density at radius 3 is 2.70 bits per heavy atom. The fraction of sp³-hybridized carbons (Fsp3) is 0.0556. The van der Waals surface area contributed by atoms with Gasteiger partial charge in [-0.3, -0.25) is 4.99 Å². The third kappa shape index (κ3) is 2.64. The number of ether oxygens (including phenoxy) is 2. The molecule has 0 amide bonds. The Hall–Kier alpha value is -3.21. The van der Waals surface area contributed by atoms with E-state index in [9.17, 15) is 5.11 Å². The van der Waals surface area contributed by atoms with Crippen molar-refractivity contribution in [3.63, 3.8) is 0 Å². The number of rotatable bonds is 3. The summed E-state index contributed by atoms with van der Waals surface area (Å²) in [5, 5.41) is 9.39. The van der Waals surface area contributed by atoms with Gasteiger partial charge in [0.1, 0.15) is 5.75 Å². The van der Waals surface area contributed by atoms with Gasteiger partial charge in [0, 0.05) is 18.0 Å². The highest BCUT2D eigenvalue weighted by Crippen LogP contribution is 2.35. The largest absolute Gasteiger partial charge is 0.508 e. The monoisotopic (exact) mass is 306 g/mol. The van der Waals surface area contributed by atoms with Crippen LogP contribution in [0.5, 0.6) is 17.2 Å². The van der Waals surface area contributed by atoms with Crippen LogP contribution >= 0.6 is 0 Å². The summed E-state index contributed by atoms with van der Waals surface area (Å²) < 4.78 is 12.6. The summed E-state index contributed by atoms with van der Waals surface area (Å²) >= 11 is 0. The highest BCUT2D eigenvalue weighted by Gasteiger charge is 2.12. The highest BCUT2D eigenvalue weighted by molar-refractivity contribution is 5.81. The van der Waals surface area contributed by atoms with Gasteiger partial charge in [-0.2, -0.15) is 0 Å². The molecule has 0 unspecified atom stereocenters. The first kappa shape index (κ1) is 13.5. The van der Waals surface area contributed by atoms with Crippen LogP contribution in [0, 0.1) is 0 Å².